The quantitative estimate of drug-likeness (QED) is 0.775. The van der Waals surface area contributed by atoms with Crippen LogP contribution in [0.2, 0.25) is 0 Å². The Bertz CT molecular complexity index is 662. The lowest BCUT2D eigenvalue weighted by Gasteiger charge is -2.36. The molecule has 0 saturated carbocycles. The Hall–Kier alpha value is -1.69. The van der Waals surface area contributed by atoms with Crippen LogP contribution in [0.15, 0.2) is 12.7 Å². The molecule has 2 heterocycles. The number of likely N-dealkylation sites (tertiary alicyclic amines) is 1. The third-order valence-corrected chi connectivity index (χ3v) is 6.76. The van der Waals surface area contributed by atoms with Crippen LogP contribution >= 0.6 is 11.3 Å². The fraction of sp³-hybridized carbons (Fsp3) is 0.632. The van der Waals surface area contributed by atoms with Crippen LogP contribution in [0.25, 0.3) is 0 Å². The van der Waals surface area contributed by atoms with Crippen LogP contribution in [0, 0.1) is 5.92 Å². The second-order valence-corrected chi connectivity index (χ2v) is 8.05. The third kappa shape index (κ3) is 3.64. The van der Waals surface area contributed by atoms with E-state index in [1.54, 1.807) is 16.2 Å². The summed E-state index contributed by atoms with van der Waals surface area (Å²) in [6, 6.07) is 0.168. The molecule has 2 amide bonds. The first-order chi connectivity index (χ1) is 12.0. The van der Waals surface area contributed by atoms with Crippen molar-refractivity contribution in [2.75, 3.05) is 20.1 Å². The second-order valence-electron chi connectivity index (χ2n) is 6.93. The van der Waals surface area contributed by atoms with E-state index in [1.807, 2.05) is 11.9 Å². The van der Waals surface area contributed by atoms with E-state index in [4.69, 9.17) is 4.98 Å². The number of aromatic nitrogens is 1. The van der Waals surface area contributed by atoms with Crippen molar-refractivity contribution in [3.8, 4) is 0 Å². The summed E-state index contributed by atoms with van der Waals surface area (Å²) in [5, 5.41) is 1.17. The Morgan fingerprint density at radius 3 is 2.72 bits per heavy atom. The van der Waals surface area contributed by atoms with E-state index in [0.29, 0.717) is 13.1 Å². The number of fused-ring (bicyclic) bond motifs is 1. The van der Waals surface area contributed by atoms with E-state index in [2.05, 4.69) is 13.5 Å². The topological polar surface area (TPSA) is 53.5 Å². The molecule has 0 spiro atoms. The smallest absolute Gasteiger partial charge is 0.245 e. The highest BCUT2D eigenvalue weighted by Crippen LogP contribution is 2.38. The zero-order valence-electron chi connectivity index (χ0n) is 15.2. The average molecular weight is 362 g/mol. The predicted molar refractivity (Wildman–Crippen MR) is 99.4 cm³/mol. The first-order valence-electron chi connectivity index (χ1n) is 9.21. The van der Waals surface area contributed by atoms with Gasteiger partial charge < -0.3 is 9.80 Å². The summed E-state index contributed by atoms with van der Waals surface area (Å²) in [6.07, 6.45) is 6.94. The number of rotatable bonds is 4. The lowest BCUT2D eigenvalue weighted by molar-refractivity contribution is -0.140. The lowest BCUT2D eigenvalue weighted by Crippen LogP contribution is -2.44. The monoisotopic (exact) mass is 361 g/mol. The van der Waals surface area contributed by atoms with Gasteiger partial charge in [0.1, 0.15) is 0 Å². The molecule has 0 aromatic carbocycles. The van der Waals surface area contributed by atoms with Gasteiger partial charge in [0.05, 0.1) is 21.6 Å². The van der Waals surface area contributed by atoms with Gasteiger partial charge in [-0.15, -0.1) is 11.3 Å². The molecule has 1 fully saturated rings. The molecule has 1 aromatic rings. The second kappa shape index (κ2) is 7.68. The van der Waals surface area contributed by atoms with Crippen LogP contribution in [0.1, 0.15) is 54.2 Å². The number of aryl methyl sites for hydroxylation is 2. The van der Waals surface area contributed by atoms with Crippen molar-refractivity contribution >= 4 is 23.2 Å². The maximum absolute atomic E-state index is 13.0. The van der Waals surface area contributed by atoms with Gasteiger partial charge in [0.25, 0.3) is 0 Å². The van der Waals surface area contributed by atoms with Gasteiger partial charge in [-0.3, -0.25) is 9.59 Å². The van der Waals surface area contributed by atoms with Crippen molar-refractivity contribution in [3.05, 3.63) is 28.2 Å². The molecule has 1 atom stereocenters. The van der Waals surface area contributed by atoms with Crippen molar-refractivity contribution in [2.45, 2.75) is 51.5 Å². The molecule has 1 saturated heterocycles. The molecule has 3 rings (SSSR count). The van der Waals surface area contributed by atoms with Gasteiger partial charge in [0.2, 0.25) is 11.8 Å². The van der Waals surface area contributed by atoms with E-state index >= 15 is 0 Å². The number of carbonyl (C=O) groups excluding carboxylic acids is 2. The third-order valence-electron chi connectivity index (χ3n) is 5.41. The van der Waals surface area contributed by atoms with Crippen molar-refractivity contribution in [2.24, 2.45) is 5.92 Å². The SMILES string of the molecule is C=CC(=O)N1CCC(C(=O)N(C)C2CCCc3nc(CC)sc32)CC1. The highest BCUT2D eigenvalue weighted by Gasteiger charge is 2.34. The Balaban J connectivity index is 1.67. The molecule has 0 radical (unpaired) electrons. The molecule has 0 bridgehead atoms. The molecule has 136 valence electrons. The van der Waals surface area contributed by atoms with Crippen molar-refractivity contribution in [1.82, 2.24) is 14.8 Å². The lowest BCUT2D eigenvalue weighted by atomic mass is 9.92. The van der Waals surface area contributed by atoms with Gasteiger partial charge in [-0.1, -0.05) is 13.5 Å². The molecular formula is C19H27N3O2S. The zero-order chi connectivity index (χ0) is 18.0. The van der Waals surface area contributed by atoms with Crippen LogP contribution in [0.5, 0.6) is 0 Å². The van der Waals surface area contributed by atoms with Gasteiger partial charge >= 0.3 is 0 Å². The molecule has 1 unspecified atom stereocenters. The number of thiazole rings is 1. The summed E-state index contributed by atoms with van der Waals surface area (Å²) in [7, 11) is 1.94. The summed E-state index contributed by atoms with van der Waals surface area (Å²) in [5.41, 5.74) is 1.20. The summed E-state index contributed by atoms with van der Waals surface area (Å²) in [4.78, 5) is 34.5. The number of hydrogen-bond acceptors (Lipinski definition) is 4. The molecule has 6 heteroatoms. The first-order valence-corrected chi connectivity index (χ1v) is 10.0. The molecule has 2 aliphatic rings. The van der Waals surface area contributed by atoms with E-state index in [9.17, 15) is 9.59 Å². The highest BCUT2D eigenvalue weighted by molar-refractivity contribution is 7.11. The minimum absolute atomic E-state index is 0.0165. The van der Waals surface area contributed by atoms with E-state index in [0.717, 1.165) is 38.5 Å². The standard InChI is InChI=1S/C19H27N3O2S/c1-4-16-20-14-7-6-8-15(18(14)25-16)21(3)19(24)13-9-11-22(12-10-13)17(23)5-2/h5,13,15H,2,4,6-12H2,1,3H3. The number of hydrogen-bond donors (Lipinski definition) is 0. The number of nitrogens with zero attached hydrogens (tertiary/aromatic N) is 3. The van der Waals surface area contributed by atoms with Crippen LogP contribution in [-0.4, -0.2) is 46.7 Å². The van der Waals surface area contributed by atoms with Crippen LogP contribution in [0.4, 0.5) is 0 Å². The number of carbonyl (C=O) groups is 2. The largest absolute Gasteiger partial charge is 0.339 e. The summed E-state index contributed by atoms with van der Waals surface area (Å²) < 4.78 is 0. The van der Waals surface area contributed by atoms with Gasteiger partial charge in [-0.25, -0.2) is 4.98 Å². The Labute approximate surface area is 153 Å². The van der Waals surface area contributed by atoms with Gasteiger partial charge in [0, 0.05) is 26.1 Å². The summed E-state index contributed by atoms with van der Waals surface area (Å²) in [6.45, 7) is 6.96. The minimum atomic E-state index is -0.0343. The minimum Gasteiger partial charge on any atom is -0.339 e. The Morgan fingerprint density at radius 2 is 2.08 bits per heavy atom. The molecule has 1 aliphatic carbocycles. The normalized spacial score (nSPS) is 20.9. The molecule has 1 aromatic heterocycles. The van der Waals surface area contributed by atoms with Crippen molar-refractivity contribution in [3.63, 3.8) is 0 Å². The van der Waals surface area contributed by atoms with Crippen LogP contribution < -0.4 is 0 Å². The van der Waals surface area contributed by atoms with E-state index < -0.39 is 0 Å². The molecular weight excluding hydrogens is 334 g/mol. The van der Waals surface area contributed by atoms with Crippen LogP contribution in [-0.2, 0) is 22.4 Å². The highest BCUT2D eigenvalue weighted by atomic mass is 32.1. The maximum Gasteiger partial charge on any atom is 0.245 e. The number of amides is 2. The predicted octanol–water partition coefficient (Wildman–Crippen LogP) is 2.97. The fourth-order valence-corrected chi connectivity index (χ4v) is 5.12. The van der Waals surface area contributed by atoms with Crippen molar-refractivity contribution in [1.29, 1.82) is 0 Å². The van der Waals surface area contributed by atoms with Crippen LogP contribution in [0.3, 0.4) is 0 Å². The molecule has 1 aliphatic heterocycles. The van der Waals surface area contributed by atoms with E-state index in [-0.39, 0.29) is 23.8 Å². The zero-order valence-corrected chi connectivity index (χ0v) is 16.0. The average Bonchev–Trinajstić information content (AvgIpc) is 3.09. The summed E-state index contributed by atoms with van der Waals surface area (Å²) >= 11 is 1.77. The number of piperidine rings is 1. The van der Waals surface area contributed by atoms with Gasteiger partial charge in [0.15, 0.2) is 0 Å². The Morgan fingerprint density at radius 1 is 1.36 bits per heavy atom. The fourth-order valence-electron chi connectivity index (χ4n) is 3.89. The maximum atomic E-state index is 13.0. The molecule has 0 N–H and O–H groups in total. The Kier molecular flexibility index (Phi) is 5.57. The first kappa shape index (κ1) is 18.1. The van der Waals surface area contributed by atoms with Crippen molar-refractivity contribution < 1.29 is 9.59 Å². The summed E-state index contributed by atoms with van der Waals surface area (Å²) in [5.74, 6) is 0.200. The molecule has 25 heavy (non-hydrogen) atoms. The molecule has 5 nitrogen and oxygen atoms in total. The van der Waals surface area contributed by atoms with E-state index in [1.165, 1.54) is 21.7 Å². The van der Waals surface area contributed by atoms with Gasteiger partial charge in [-0.2, -0.15) is 0 Å². The van der Waals surface area contributed by atoms with Gasteiger partial charge in [-0.05, 0) is 44.6 Å².